The first-order valence-electron chi connectivity index (χ1n) is 3.79. The van der Waals surface area contributed by atoms with Gasteiger partial charge in [0.15, 0.2) is 11.6 Å². The van der Waals surface area contributed by atoms with Gasteiger partial charge in [0.2, 0.25) is 0 Å². The van der Waals surface area contributed by atoms with Gasteiger partial charge in [0, 0.05) is 12.4 Å². The van der Waals surface area contributed by atoms with Gasteiger partial charge in [-0.2, -0.15) is 0 Å². The lowest BCUT2D eigenvalue weighted by Crippen LogP contribution is -1.99. The molecule has 0 amide bonds. The van der Waals surface area contributed by atoms with E-state index in [1.165, 1.54) is 16.9 Å². The summed E-state index contributed by atoms with van der Waals surface area (Å²) in [5.74, 6) is -0.122. The van der Waals surface area contributed by atoms with Crippen LogP contribution in [0.15, 0.2) is 29.1 Å². The second-order valence-corrected chi connectivity index (χ2v) is 3.49. The van der Waals surface area contributed by atoms with Gasteiger partial charge >= 0.3 is 0 Å². The number of anilines is 1. The number of halogens is 2. The third kappa shape index (κ3) is 1.48. The number of nitrogen functional groups attached to an aromatic ring is 1. The van der Waals surface area contributed by atoms with E-state index in [0.717, 1.165) is 6.20 Å². The predicted octanol–water partition coefficient (Wildman–Crippen LogP) is 1.75. The van der Waals surface area contributed by atoms with Crippen LogP contribution in [-0.2, 0) is 0 Å². The zero-order valence-electron chi connectivity index (χ0n) is 6.98. The average Bonchev–Trinajstić information content (AvgIpc) is 2.48. The van der Waals surface area contributed by atoms with E-state index in [1.807, 2.05) is 0 Å². The van der Waals surface area contributed by atoms with Crippen molar-refractivity contribution in [2.24, 2.45) is 0 Å². The summed E-state index contributed by atoms with van der Waals surface area (Å²) in [4.78, 5) is 3.64. The first kappa shape index (κ1) is 9.14. The highest BCUT2D eigenvalue weighted by Gasteiger charge is 2.07. The topological polar surface area (TPSA) is 56.7 Å². The predicted molar refractivity (Wildman–Crippen MR) is 53.4 cm³/mol. The van der Waals surface area contributed by atoms with Crippen molar-refractivity contribution in [3.63, 3.8) is 0 Å². The standard InChI is InChI=1S/C8H6BrFN4/c9-5-4-14(13-8(5)11)7-1-2-12-3-6(7)10/h1-4H,(H2,11,13). The van der Waals surface area contributed by atoms with E-state index in [4.69, 9.17) is 5.73 Å². The highest BCUT2D eigenvalue weighted by Crippen LogP contribution is 2.20. The van der Waals surface area contributed by atoms with Gasteiger partial charge in [-0.3, -0.25) is 4.98 Å². The molecule has 0 spiro atoms. The minimum Gasteiger partial charge on any atom is -0.381 e. The van der Waals surface area contributed by atoms with Crippen LogP contribution in [0.3, 0.4) is 0 Å². The molecule has 72 valence electrons. The van der Waals surface area contributed by atoms with E-state index in [1.54, 1.807) is 6.20 Å². The van der Waals surface area contributed by atoms with Gasteiger partial charge in [0.05, 0.1) is 10.7 Å². The fourth-order valence-corrected chi connectivity index (χ4v) is 1.32. The first-order valence-corrected chi connectivity index (χ1v) is 4.58. The molecule has 0 atom stereocenters. The van der Waals surface area contributed by atoms with Crippen LogP contribution in [0, 0.1) is 5.82 Å². The lowest BCUT2D eigenvalue weighted by atomic mass is 10.4. The van der Waals surface area contributed by atoms with Crippen LogP contribution >= 0.6 is 15.9 Å². The summed E-state index contributed by atoms with van der Waals surface area (Å²) in [5.41, 5.74) is 5.83. The Hall–Kier alpha value is -1.43. The highest BCUT2D eigenvalue weighted by molar-refractivity contribution is 9.10. The number of hydrogen-bond acceptors (Lipinski definition) is 3. The van der Waals surface area contributed by atoms with E-state index in [0.29, 0.717) is 16.0 Å². The Bertz CT molecular complexity index is 449. The zero-order chi connectivity index (χ0) is 10.1. The second-order valence-electron chi connectivity index (χ2n) is 2.63. The van der Waals surface area contributed by atoms with Gasteiger partial charge in [0.1, 0.15) is 5.69 Å². The molecule has 0 radical (unpaired) electrons. The van der Waals surface area contributed by atoms with Gasteiger partial charge in [-0.15, -0.1) is 5.10 Å². The number of hydrogen-bond donors (Lipinski definition) is 1. The fraction of sp³-hybridized carbons (Fsp3) is 0. The summed E-state index contributed by atoms with van der Waals surface area (Å²) < 4.78 is 15.2. The van der Waals surface area contributed by atoms with E-state index in [2.05, 4.69) is 26.0 Å². The van der Waals surface area contributed by atoms with Crippen LogP contribution in [0.5, 0.6) is 0 Å². The molecule has 2 heterocycles. The first-order chi connectivity index (χ1) is 6.68. The summed E-state index contributed by atoms with van der Waals surface area (Å²) >= 11 is 3.19. The van der Waals surface area contributed by atoms with Crippen molar-refractivity contribution >= 4 is 21.7 Å². The number of aromatic nitrogens is 3. The molecule has 0 aliphatic heterocycles. The third-order valence-corrected chi connectivity index (χ3v) is 2.30. The molecule has 14 heavy (non-hydrogen) atoms. The number of pyridine rings is 1. The van der Waals surface area contributed by atoms with Gasteiger partial charge in [-0.25, -0.2) is 9.07 Å². The Morgan fingerprint density at radius 2 is 2.29 bits per heavy atom. The molecule has 0 saturated carbocycles. The quantitative estimate of drug-likeness (QED) is 0.846. The molecule has 4 nitrogen and oxygen atoms in total. The molecule has 2 N–H and O–H groups in total. The smallest absolute Gasteiger partial charge is 0.167 e. The Morgan fingerprint density at radius 3 is 2.86 bits per heavy atom. The third-order valence-electron chi connectivity index (χ3n) is 1.69. The maximum absolute atomic E-state index is 13.2. The molecular weight excluding hydrogens is 251 g/mol. The Balaban J connectivity index is 2.55. The summed E-state index contributed by atoms with van der Waals surface area (Å²) in [6.45, 7) is 0. The fourth-order valence-electron chi connectivity index (χ4n) is 1.04. The van der Waals surface area contributed by atoms with Crippen LogP contribution < -0.4 is 5.73 Å². The van der Waals surface area contributed by atoms with Crippen molar-refractivity contribution in [1.82, 2.24) is 14.8 Å². The summed E-state index contributed by atoms with van der Waals surface area (Å²) in [6, 6.07) is 1.52. The Morgan fingerprint density at radius 1 is 1.50 bits per heavy atom. The van der Waals surface area contributed by atoms with E-state index in [9.17, 15) is 4.39 Å². The molecule has 0 aliphatic carbocycles. The molecule has 0 aliphatic rings. The van der Waals surface area contributed by atoms with E-state index >= 15 is 0 Å². The highest BCUT2D eigenvalue weighted by atomic mass is 79.9. The second kappa shape index (κ2) is 3.38. The SMILES string of the molecule is Nc1nn(-c2ccncc2F)cc1Br. The summed E-state index contributed by atoms with van der Waals surface area (Å²) in [5, 5.41) is 3.92. The van der Waals surface area contributed by atoms with E-state index < -0.39 is 5.82 Å². The molecule has 6 heteroatoms. The average molecular weight is 257 g/mol. The Kier molecular flexibility index (Phi) is 2.20. The number of rotatable bonds is 1. The lowest BCUT2D eigenvalue weighted by molar-refractivity contribution is 0.605. The van der Waals surface area contributed by atoms with Gasteiger partial charge in [-0.1, -0.05) is 0 Å². The maximum Gasteiger partial charge on any atom is 0.167 e. The minimum atomic E-state index is -0.442. The van der Waals surface area contributed by atoms with Crippen molar-refractivity contribution < 1.29 is 4.39 Å². The van der Waals surface area contributed by atoms with Crippen LogP contribution in [0.1, 0.15) is 0 Å². The minimum absolute atomic E-state index is 0.317. The van der Waals surface area contributed by atoms with Crippen molar-refractivity contribution in [2.75, 3.05) is 5.73 Å². The van der Waals surface area contributed by atoms with Gasteiger partial charge in [0.25, 0.3) is 0 Å². The van der Waals surface area contributed by atoms with Gasteiger partial charge in [-0.05, 0) is 22.0 Å². The van der Waals surface area contributed by atoms with Crippen molar-refractivity contribution in [3.05, 3.63) is 34.9 Å². The van der Waals surface area contributed by atoms with Gasteiger partial charge < -0.3 is 5.73 Å². The molecule has 0 aromatic carbocycles. The van der Waals surface area contributed by atoms with Crippen LogP contribution in [-0.4, -0.2) is 14.8 Å². The van der Waals surface area contributed by atoms with Crippen molar-refractivity contribution in [2.45, 2.75) is 0 Å². The Labute approximate surface area is 87.7 Å². The molecule has 2 aromatic rings. The van der Waals surface area contributed by atoms with Crippen molar-refractivity contribution in [1.29, 1.82) is 0 Å². The number of nitrogens with two attached hydrogens (primary N) is 1. The molecule has 0 fully saturated rings. The molecular formula is C8H6BrFN4. The van der Waals surface area contributed by atoms with Crippen LogP contribution in [0.4, 0.5) is 10.2 Å². The largest absolute Gasteiger partial charge is 0.381 e. The summed E-state index contributed by atoms with van der Waals surface area (Å²) in [6.07, 6.45) is 4.21. The molecule has 2 aromatic heterocycles. The van der Waals surface area contributed by atoms with Crippen LogP contribution in [0.25, 0.3) is 5.69 Å². The van der Waals surface area contributed by atoms with E-state index in [-0.39, 0.29) is 0 Å². The van der Waals surface area contributed by atoms with Crippen molar-refractivity contribution in [3.8, 4) is 5.69 Å². The molecule has 0 unspecified atom stereocenters. The maximum atomic E-state index is 13.2. The normalized spacial score (nSPS) is 10.4. The monoisotopic (exact) mass is 256 g/mol. The lowest BCUT2D eigenvalue weighted by Gasteiger charge is -2.00. The summed E-state index contributed by atoms with van der Waals surface area (Å²) in [7, 11) is 0. The van der Waals surface area contributed by atoms with Crippen LogP contribution in [0.2, 0.25) is 0 Å². The molecule has 2 rings (SSSR count). The molecule has 0 saturated heterocycles. The zero-order valence-corrected chi connectivity index (χ0v) is 8.57. The molecule has 0 bridgehead atoms. The number of nitrogens with zero attached hydrogens (tertiary/aromatic N) is 3.